The molecule has 2 N–H and O–H groups in total. The summed E-state index contributed by atoms with van der Waals surface area (Å²) < 4.78 is 5.87. The normalized spacial score (nSPS) is 12.8. The number of rotatable bonds is 7. The minimum Gasteiger partial charge on any atom is -0.493 e. The highest BCUT2D eigenvalue weighted by Gasteiger charge is 2.11. The Hall–Kier alpha value is -1.02. The molecule has 1 aromatic rings. The maximum atomic E-state index is 5.87. The van der Waals surface area contributed by atoms with Crippen molar-refractivity contribution in [2.24, 2.45) is 11.7 Å². The van der Waals surface area contributed by atoms with E-state index in [2.05, 4.69) is 39.0 Å². The molecule has 2 heteroatoms. The van der Waals surface area contributed by atoms with Crippen molar-refractivity contribution in [3.63, 3.8) is 0 Å². The molecule has 1 atom stereocenters. The van der Waals surface area contributed by atoms with Gasteiger partial charge in [-0.15, -0.1) is 0 Å². The highest BCUT2D eigenvalue weighted by molar-refractivity contribution is 5.35. The minimum atomic E-state index is 0.516. The zero-order valence-corrected chi connectivity index (χ0v) is 11.3. The Morgan fingerprint density at radius 1 is 1.18 bits per heavy atom. The van der Waals surface area contributed by atoms with Gasteiger partial charge in [0.1, 0.15) is 5.75 Å². The first-order valence-corrected chi connectivity index (χ1v) is 6.57. The third kappa shape index (κ3) is 4.78. The van der Waals surface area contributed by atoms with Crippen molar-refractivity contribution in [2.45, 2.75) is 39.5 Å². The van der Waals surface area contributed by atoms with Gasteiger partial charge in [-0.3, -0.25) is 0 Å². The summed E-state index contributed by atoms with van der Waals surface area (Å²) >= 11 is 0. The van der Waals surface area contributed by atoms with Gasteiger partial charge >= 0.3 is 0 Å². The average molecular weight is 235 g/mol. The first-order chi connectivity index (χ1) is 8.15. The van der Waals surface area contributed by atoms with Crippen molar-refractivity contribution in [1.29, 1.82) is 0 Å². The summed E-state index contributed by atoms with van der Waals surface area (Å²) in [6.07, 6.45) is 2.19. The van der Waals surface area contributed by atoms with Crippen LogP contribution in [0.4, 0.5) is 0 Å². The van der Waals surface area contributed by atoms with Crippen molar-refractivity contribution in [3.8, 4) is 5.75 Å². The Bertz CT molecular complexity index is 322. The van der Waals surface area contributed by atoms with Gasteiger partial charge in [-0.2, -0.15) is 0 Å². The molecule has 1 aromatic carbocycles. The largest absolute Gasteiger partial charge is 0.493 e. The summed E-state index contributed by atoms with van der Waals surface area (Å²) in [4.78, 5) is 0. The molecule has 0 aliphatic carbocycles. The van der Waals surface area contributed by atoms with Gasteiger partial charge in [-0.05, 0) is 42.9 Å². The first kappa shape index (κ1) is 14.0. The molecule has 0 aromatic heterocycles. The van der Waals surface area contributed by atoms with E-state index in [0.29, 0.717) is 11.8 Å². The molecule has 2 nitrogen and oxygen atoms in total. The number of benzene rings is 1. The van der Waals surface area contributed by atoms with Crippen LogP contribution >= 0.6 is 0 Å². The lowest BCUT2D eigenvalue weighted by molar-refractivity contribution is 0.267. The fraction of sp³-hybridized carbons (Fsp3) is 0.600. The molecule has 96 valence electrons. The predicted octanol–water partition coefficient (Wildman–Crippen LogP) is 3.56. The summed E-state index contributed by atoms with van der Waals surface area (Å²) in [5.74, 6) is 2.11. The number of hydrogen-bond acceptors (Lipinski definition) is 2. The van der Waals surface area contributed by atoms with Crippen LogP contribution in [-0.4, -0.2) is 13.2 Å². The quantitative estimate of drug-likeness (QED) is 0.784. The van der Waals surface area contributed by atoms with Crippen LogP contribution in [0.2, 0.25) is 0 Å². The highest BCUT2D eigenvalue weighted by atomic mass is 16.5. The third-order valence-corrected chi connectivity index (χ3v) is 2.86. The van der Waals surface area contributed by atoms with Crippen molar-refractivity contribution in [2.75, 3.05) is 13.2 Å². The second-order valence-corrected chi connectivity index (χ2v) is 5.07. The molecule has 0 fully saturated rings. The van der Waals surface area contributed by atoms with Crippen molar-refractivity contribution < 1.29 is 4.74 Å². The predicted molar refractivity (Wildman–Crippen MR) is 73.5 cm³/mol. The van der Waals surface area contributed by atoms with Gasteiger partial charge in [-0.1, -0.05) is 39.0 Å². The number of ether oxygens (including phenoxy) is 1. The van der Waals surface area contributed by atoms with Gasteiger partial charge in [0.2, 0.25) is 0 Å². The van der Waals surface area contributed by atoms with Crippen LogP contribution in [0.3, 0.4) is 0 Å². The molecule has 0 amide bonds. The Labute approximate surface area is 105 Å². The van der Waals surface area contributed by atoms with E-state index in [1.807, 2.05) is 6.07 Å². The van der Waals surface area contributed by atoms with Gasteiger partial charge < -0.3 is 10.5 Å². The fourth-order valence-electron chi connectivity index (χ4n) is 1.86. The van der Waals surface area contributed by atoms with Crippen molar-refractivity contribution >= 4 is 0 Å². The minimum absolute atomic E-state index is 0.516. The van der Waals surface area contributed by atoms with E-state index in [0.717, 1.165) is 31.7 Å². The molecule has 0 saturated heterocycles. The van der Waals surface area contributed by atoms with Crippen LogP contribution in [0, 0.1) is 5.92 Å². The Morgan fingerprint density at radius 2 is 1.88 bits per heavy atom. The topological polar surface area (TPSA) is 35.2 Å². The summed E-state index contributed by atoms with van der Waals surface area (Å²) in [6, 6.07) is 8.35. The van der Waals surface area contributed by atoms with Crippen LogP contribution in [0.25, 0.3) is 0 Å². The molecule has 0 spiro atoms. The average Bonchev–Trinajstić information content (AvgIpc) is 2.33. The molecule has 0 aliphatic rings. The molecule has 0 aliphatic heterocycles. The lowest BCUT2D eigenvalue weighted by Gasteiger charge is -2.17. The number of hydrogen-bond donors (Lipinski definition) is 1. The van der Waals surface area contributed by atoms with E-state index >= 15 is 0 Å². The lowest BCUT2D eigenvalue weighted by atomic mass is 9.95. The molecule has 0 heterocycles. The van der Waals surface area contributed by atoms with Crippen molar-refractivity contribution in [1.82, 2.24) is 0 Å². The van der Waals surface area contributed by atoms with Crippen LogP contribution in [0.5, 0.6) is 5.75 Å². The zero-order valence-electron chi connectivity index (χ0n) is 11.3. The van der Waals surface area contributed by atoms with Crippen LogP contribution < -0.4 is 10.5 Å². The molecule has 0 bridgehead atoms. The number of para-hydroxylation sites is 1. The van der Waals surface area contributed by atoms with E-state index in [9.17, 15) is 0 Å². The maximum absolute atomic E-state index is 5.87. The van der Waals surface area contributed by atoms with E-state index in [1.165, 1.54) is 5.56 Å². The van der Waals surface area contributed by atoms with E-state index in [-0.39, 0.29) is 0 Å². The van der Waals surface area contributed by atoms with Crippen LogP contribution in [0.15, 0.2) is 24.3 Å². The van der Waals surface area contributed by atoms with E-state index < -0.39 is 0 Å². The molecule has 1 unspecified atom stereocenters. The summed E-state index contributed by atoms with van der Waals surface area (Å²) in [6.45, 7) is 8.12. The van der Waals surface area contributed by atoms with Gasteiger partial charge in [0, 0.05) is 0 Å². The second-order valence-electron chi connectivity index (χ2n) is 5.07. The van der Waals surface area contributed by atoms with E-state index in [4.69, 9.17) is 10.5 Å². The van der Waals surface area contributed by atoms with Crippen LogP contribution in [-0.2, 0) is 0 Å². The smallest absolute Gasteiger partial charge is 0.122 e. The molecule has 17 heavy (non-hydrogen) atoms. The third-order valence-electron chi connectivity index (χ3n) is 2.86. The van der Waals surface area contributed by atoms with Gasteiger partial charge in [0.25, 0.3) is 0 Å². The maximum Gasteiger partial charge on any atom is 0.122 e. The monoisotopic (exact) mass is 235 g/mol. The summed E-state index contributed by atoms with van der Waals surface area (Å²) in [5.41, 5.74) is 6.87. The molecule has 0 saturated carbocycles. The molecular weight excluding hydrogens is 210 g/mol. The van der Waals surface area contributed by atoms with E-state index in [1.54, 1.807) is 0 Å². The molecule has 1 rings (SSSR count). The molecule has 0 radical (unpaired) electrons. The fourth-order valence-corrected chi connectivity index (χ4v) is 1.86. The highest BCUT2D eigenvalue weighted by Crippen LogP contribution is 2.29. The van der Waals surface area contributed by atoms with Gasteiger partial charge in [-0.25, -0.2) is 0 Å². The zero-order chi connectivity index (χ0) is 12.7. The number of nitrogens with two attached hydrogens (primary N) is 1. The van der Waals surface area contributed by atoms with Gasteiger partial charge in [0.15, 0.2) is 0 Å². The SMILES string of the molecule is CC(C)COc1ccccc1C(C)CCCN. The Morgan fingerprint density at radius 3 is 2.53 bits per heavy atom. The Kier molecular flexibility index (Phi) is 6.06. The summed E-state index contributed by atoms with van der Waals surface area (Å²) in [5, 5.41) is 0. The van der Waals surface area contributed by atoms with Crippen LogP contribution in [0.1, 0.15) is 45.1 Å². The molecular formula is C15H25NO. The lowest BCUT2D eigenvalue weighted by Crippen LogP contribution is -2.08. The Balaban J connectivity index is 2.69. The second kappa shape index (κ2) is 7.33. The van der Waals surface area contributed by atoms with Gasteiger partial charge in [0.05, 0.1) is 6.61 Å². The standard InChI is InChI=1S/C15H25NO/c1-12(2)11-17-15-9-5-4-8-14(15)13(3)7-6-10-16/h4-5,8-9,12-13H,6-7,10-11,16H2,1-3H3. The summed E-state index contributed by atoms with van der Waals surface area (Å²) in [7, 11) is 0. The first-order valence-electron chi connectivity index (χ1n) is 6.57. The van der Waals surface area contributed by atoms with Crippen molar-refractivity contribution in [3.05, 3.63) is 29.8 Å².